The molecule has 0 radical (unpaired) electrons. The highest BCUT2D eigenvalue weighted by Crippen LogP contribution is 2.27. The standard InChI is InChI=1S/C22H21Cl2N3OS/c1-15-12-17(16(2)27(15)18-8-9-20(23)21(24)13-18)14-25-26-22(28)10-11-29-19-6-4-3-5-7-19/h3-9,12-14H,10-11H2,1-2H3,(H,26,28). The Balaban J connectivity index is 1.59. The predicted molar refractivity (Wildman–Crippen MR) is 123 cm³/mol. The van der Waals surface area contributed by atoms with Gasteiger partial charge in [-0.1, -0.05) is 41.4 Å². The van der Waals surface area contributed by atoms with Gasteiger partial charge in [-0.3, -0.25) is 4.79 Å². The molecule has 0 saturated heterocycles. The van der Waals surface area contributed by atoms with Crippen LogP contribution >= 0.6 is 35.0 Å². The van der Waals surface area contributed by atoms with Crippen LogP contribution < -0.4 is 5.43 Å². The van der Waals surface area contributed by atoms with Gasteiger partial charge in [-0.15, -0.1) is 11.8 Å². The SMILES string of the molecule is Cc1cc(C=NNC(=O)CCSc2ccccc2)c(C)n1-c1ccc(Cl)c(Cl)c1. The van der Waals surface area contributed by atoms with E-state index in [-0.39, 0.29) is 5.91 Å². The Kier molecular flexibility index (Phi) is 7.42. The molecule has 2 aromatic carbocycles. The number of hydrazone groups is 1. The number of hydrogen-bond donors (Lipinski definition) is 1. The average molecular weight is 446 g/mol. The summed E-state index contributed by atoms with van der Waals surface area (Å²) in [6.45, 7) is 4.00. The first-order valence-corrected chi connectivity index (χ1v) is 10.8. The lowest BCUT2D eigenvalue weighted by atomic mass is 10.2. The summed E-state index contributed by atoms with van der Waals surface area (Å²) in [5.41, 5.74) is 6.48. The van der Waals surface area contributed by atoms with Crippen molar-refractivity contribution in [2.45, 2.75) is 25.2 Å². The summed E-state index contributed by atoms with van der Waals surface area (Å²) < 4.78 is 2.07. The van der Waals surface area contributed by atoms with Crippen molar-refractivity contribution in [3.63, 3.8) is 0 Å². The number of carbonyl (C=O) groups excluding carboxylic acids is 1. The van der Waals surface area contributed by atoms with E-state index in [9.17, 15) is 4.79 Å². The Bertz CT molecular complexity index is 1030. The molecule has 0 aliphatic rings. The second-order valence-corrected chi connectivity index (χ2v) is 8.45. The third-order valence-corrected chi connectivity index (χ3v) is 6.12. The van der Waals surface area contributed by atoms with Gasteiger partial charge in [-0.05, 0) is 50.2 Å². The molecule has 29 heavy (non-hydrogen) atoms. The van der Waals surface area contributed by atoms with Crippen LogP contribution in [0.15, 0.2) is 64.6 Å². The van der Waals surface area contributed by atoms with Gasteiger partial charge in [-0.2, -0.15) is 5.10 Å². The van der Waals surface area contributed by atoms with Crippen LogP contribution in [0.2, 0.25) is 10.0 Å². The molecular weight excluding hydrogens is 425 g/mol. The maximum Gasteiger partial charge on any atom is 0.240 e. The van der Waals surface area contributed by atoms with Crippen LogP contribution in [0.5, 0.6) is 0 Å². The molecule has 0 saturated carbocycles. The second kappa shape index (κ2) is 10.0. The summed E-state index contributed by atoms with van der Waals surface area (Å²) in [4.78, 5) is 13.2. The van der Waals surface area contributed by atoms with Gasteiger partial charge in [0, 0.05) is 39.7 Å². The normalized spacial score (nSPS) is 11.2. The highest BCUT2D eigenvalue weighted by molar-refractivity contribution is 7.99. The zero-order valence-electron chi connectivity index (χ0n) is 16.2. The quantitative estimate of drug-likeness (QED) is 0.274. The lowest BCUT2D eigenvalue weighted by Gasteiger charge is -2.10. The van der Waals surface area contributed by atoms with Gasteiger partial charge in [0.05, 0.1) is 16.3 Å². The minimum absolute atomic E-state index is 0.108. The number of aryl methyl sites for hydroxylation is 1. The smallest absolute Gasteiger partial charge is 0.240 e. The Morgan fingerprint density at radius 1 is 1.10 bits per heavy atom. The number of benzene rings is 2. The van der Waals surface area contributed by atoms with Crippen molar-refractivity contribution in [3.05, 3.63) is 81.6 Å². The van der Waals surface area contributed by atoms with Crippen LogP contribution in [0, 0.1) is 13.8 Å². The summed E-state index contributed by atoms with van der Waals surface area (Å²) in [5.74, 6) is 0.597. The number of aromatic nitrogens is 1. The molecule has 0 bridgehead atoms. The van der Waals surface area contributed by atoms with Gasteiger partial charge in [0.1, 0.15) is 0 Å². The maximum atomic E-state index is 12.0. The Morgan fingerprint density at radius 2 is 1.86 bits per heavy atom. The highest BCUT2D eigenvalue weighted by Gasteiger charge is 2.11. The monoisotopic (exact) mass is 445 g/mol. The van der Waals surface area contributed by atoms with Crippen LogP contribution in [0.1, 0.15) is 23.4 Å². The van der Waals surface area contributed by atoms with Crippen LogP contribution in [0.4, 0.5) is 0 Å². The topological polar surface area (TPSA) is 46.4 Å². The van der Waals surface area contributed by atoms with Crippen molar-refractivity contribution < 1.29 is 4.79 Å². The third-order valence-electron chi connectivity index (χ3n) is 4.37. The molecule has 0 unspecified atom stereocenters. The molecule has 1 amide bonds. The highest BCUT2D eigenvalue weighted by atomic mass is 35.5. The van der Waals surface area contributed by atoms with Gasteiger partial charge < -0.3 is 4.57 Å². The number of carbonyl (C=O) groups is 1. The molecule has 7 heteroatoms. The van der Waals surface area contributed by atoms with Crippen molar-refractivity contribution in [2.24, 2.45) is 5.10 Å². The fourth-order valence-electron chi connectivity index (χ4n) is 2.95. The van der Waals surface area contributed by atoms with E-state index in [0.717, 1.165) is 27.5 Å². The number of hydrogen-bond acceptors (Lipinski definition) is 3. The van der Waals surface area contributed by atoms with E-state index in [4.69, 9.17) is 23.2 Å². The predicted octanol–water partition coefficient (Wildman–Crippen LogP) is 6.03. The molecule has 3 rings (SSSR count). The van der Waals surface area contributed by atoms with Gasteiger partial charge in [0.2, 0.25) is 5.91 Å². The van der Waals surface area contributed by atoms with Gasteiger partial charge in [0.25, 0.3) is 0 Å². The van der Waals surface area contributed by atoms with Gasteiger partial charge >= 0.3 is 0 Å². The van der Waals surface area contributed by atoms with Gasteiger partial charge in [0.15, 0.2) is 0 Å². The summed E-state index contributed by atoms with van der Waals surface area (Å²) >= 11 is 13.8. The molecule has 0 atom stereocenters. The van der Waals surface area contributed by atoms with E-state index in [1.54, 1.807) is 24.0 Å². The molecule has 1 heterocycles. The van der Waals surface area contributed by atoms with E-state index in [2.05, 4.69) is 15.1 Å². The molecule has 4 nitrogen and oxygen atoms in total. The van der Waals surface area contributed by atoms with Crippen LogP contribution in [-0.4, -0.2) is 22.4 Å². The first-order valence-electron chi connectivity index (χ1n) is 9.10. The number of nitrogens with zero attached hydrogens (tertiary/aromatic N) is 2. The molecule has 0 spiro atoms. The van der Waals surface area contributed by atoms with Crippen molar-refractivity contribution in [2.75, 3.05) is 5.75 Å². The van der Waals surface area contributed by atoms with E-state index < -0.39 is 0 Å². The molecule has 1 aromatic heterocycles. The van der Waals surface area contributed by atoms with E-state index in [1.807, 2.05) is 62.4 Å². The van der Waals surface area contributed by atoms with E-state index >= 15 is 0 Å². The van der Waals surface area contributed by atoms with Crippen LogP contribution in [-0.2, 0) is 4.79 Å². The Morgan fingerprint density at radius 3 is 2.59 bits per heavy atom. The third kappa shape index (κ3) is 5.66. The molecule has 1 N–H and O–H groups in total. The number of nitrogens with one attached hydrogen (secondary N) is 1. The number of halogens is 2. The zero-order chi connectivity index (χ0) is 20.8. The van der Waals surface area contributed by atoms with Gasteiger partial charge in [-0.25, -0.2) is 5.43 Å². The van der Waals surface area contributed by atoms with Crippen molar-refractivity contribution in [1.82, 2.24) is 9.99 Å². The first-order chi connectivity index (χ1) is 14.0. The zero-order valence-corrected chi connectivity index (χ0v) is 18.5. The minimum Gasteiger partial charge on any atom is -0.318 e. The van der Waals surface area contributed by atoms with Crippen LogP contribution in [0.3, 0.4) is 0 Å². The number of rotatable bonds is 7. The lowest BCUT2D eigenvalue weighted by Crippen LogP contribution is -2.17. The van der Waals surface area contributed by atoms with Crippen molar-refractivity contribution in [1.29, 1.82) is 0 Å². The first kappa shape index (κ1) is 21.5. The van der Waals surface area contributed by atoms with E-state index in [1.165, 1.54) is 0 Å². The molecule has 3 aromatic rings. The molecule has 0 fully saturated rings. The Hall–Kier alpha value is -2.21. The Labute approximate surface area is 184 Å². The van der Waals surface area contributed by atoms with Crippen LogP contribution in [0.25, 0.3) is 5.69 Å². The van der Waals surface area contributed by atoms with Crippen molar-refractivity contribution in [3.8, 4) is 5.69 Å². The fraction of sp³-hybridized carbons (Fsp3) is 0.182. The molecule has 0 aliphatic heterocycles. The average Bonchev–Trinajstić information content (AvgIpc) is 2.98. The number of thioether (sulfide) groups is 1. The maximum absolute atomic E-state index is 12.0. The fourth-order valence-corrected chi connectivity index (χ4v) is 4.11. The number of amides is 1. The molecule has 0 aliphatic carbocycles. The minimum atomic E-state index is -0.108. The lowest BCUT2D eigenvalue weighted by molar-refractivity contribution is -0.120. The summed E-state index contributed by atoms with van der Waals surface area (Å²) in [6.07, 6.45) is 2.07. The van der Waals surface area contributed by atoms with Crippen molar-refractivity contribution >= 4 is 47.1 Å². The molecular formula is C22H21Cl2N3OS. The summed E-state index contributed by atoms with van der Waals surface area (Å²) in [6, 6.07) is 17.6. The second-order valence-electron chi connectivity index (χ2n) is 6.46. The summed E-state index contributed by atoms with van der Waals surface area (Å²) in [5, 5.41) is 5.14. The molecule has 150 valence electrons. The summed E-state index contributed by atoms with van der Waals surface area (Å²) in [7, 11) is 0. The van der Waals surface area contributed by atoms with E-state index in [0.29, 0.717) is 22.2 Å². The largest absolute Gasteiger partial charge is 0.318 e.